The molecule has 0 aromatic heterocycles. The number of nitrogens with two attached hydrogens (primary N) is 1. The average molecular weight is 287 g/mol. The third-order valence-corrected chi connectivity index (χ3v) is 4.52. The lowest BCUT2D eigenvalue weighted by atomic mass is 10.1. The van der Waals surface area contributed by atoms with E-state index in [1.54, 1.807) is 12.1 Å². The number of nitrogens with zero attached hydrogens (tertiary/aromatic N) is 1. The van der Waals surface area contributed by atoms with Gasteiger partial charge in [0.05, 0.1) is 0 Å². The Morgan fingerprint density at radius 1 is 1.29 bits per heavy atom. The first-order valence-electron chi connectivity index (χ1n) is 7.49. The average Bonchev–Trinajstić information content (AvgIpc) is 3.27. The molecule has 2 amide bonds. The molecule has 1 saturated carbocycles. The fourth-order valence-electron chi connectivity index (χ4n) is 3.11. The molecular weight excluding hydrogens is 266 g/mol. The minimum atomic E-state index is -0.417. The van der Waals surface area contributed by atoms with Crippen molar-refractivity contribution in [2.75, 3.05) is 19.6 Å². The van der Waals surface area contributed by atoms with Crippen LogP contribution >= 0.6 is 0 Å². The van der Waals surface area contributed by atoms with Gasteiger partial charge in [-0.1, -0.05) is 12.1 Å². The highest BCUT2D eigenvalue weighted by molar-refractivity contribution is 5.92. The number of hydrogen-bond donors (Lipinski definition) is 2. The van der Waals surface area contributed by atoms with E-state index in [2.05, 4.69) is 12.2 Å². The number of primary amides is 1. The van der Waals surface area contributed by atoms with E-state index >= 15 is 0 Å². The molecule has 0 unspecified atom stereocenters. The third kappa shape index (κ3) is 2.78. The van der Waals surface area contributed by atoms with Crippen LogP contribution in [0.25, 0.3) is 0 Å². The molecular formula is C16H21N3O2. The van der Waals surface area contributed by atoms with Crippen molar-refractivity contribution >= 4 is 11.8 Å². The van der Waals surface area contributed by atoms with Crippen LogP contribution in [0.15, 0.2) is 24.3 Å². The lowest BCUT2D eigenvalue weighted by Crippen LogP contribution is -2.52. The van der Waals surface area contributed by atoms with Crippen molar-refractivity contribution in [3.8, 4) is 0 Å². The van der Waals surface area contributed by atoms with Crippen LogP contribution < -0.4 is 11.1 Å². The molecule has 1 saturated heterocycles. The van der Waals surface area contributed by atoms with Crippen molar-refractivity contribution in [3.05, 3.63) is 35.4 Å². The predicted octanol–water partition coefficient (Wildman–Crippen LogP) is 0.709. The van der Waals surface area contributed by atoms with E-state index in [1.165, 1.54) is 0 Å². The molecule has 3 atom stereocenters. The van der Waals surface area contributed by atoms with E-state index in [0.29, 0.717) is 11.5 Å². The fraction of sp³-hybridized carbons (Fsp3) is 0.500. The summed E-state index contributed by atoms with van der Waals surface area (Å²) in [5.74, 6) is 0.249. The SMILES string of the molecule is C[C@H]1CNCCN1C(=O)[C@@H]1C[C@@H]1c1ccc(C(N)=O)cc1. The summed E-state index contributed by atoms with van der Waals surface area (Å²) in [5.41, 5.74) is 6.88. The van der Waals surface area contributed by atoms with Gasteiger partial charge in [-0.15, -0.1) is 0 Å². The maximum absolute atomic E-state index is 12.6. The van der Waals surface area contributed by atoms with Gasteiger partial charge in [0.1, 0.15) is 0 Å². The Labute approximate surface area is 124 Å². The molecule has 3 rings (SSSR count). The zero-order chi connectivity index (χ0) is 15.0. The first kappa shape index (κ1) is 14.1. The second-order valence-electron chi connectivity index (χ2n) is 6.02. The Hall–Kier alpha value is -1.88. The van der Waals surface area contributed by atoms with Gasteiger partial charge in [-0.2, -0.15) is 0 Å². The van der Waals surface area contributed by atoms with Crippen molar-refractivity contribution in [2.24, 2.45) is 11.7 Å². The maximum atomic E-state index is 12.6. The molecule has 0 spiro atoms. The van der Waals surface area contributed by atoms with E-state index in [9.17, 15) is 9.59 Å². The zero-order valence-electron chi connectivity index (χ0n) is 12.2. The highest BCUT2D eigenvalue weighted by Gasteiger charge is 2.46. The Balaban J connectivity index is 1.65. The second kappa shape index (κ2) is 5.48. The molecule has 5 heteroatoms. The summed E-state index contributed by atoms with van der Waals surface area (Å²) in [5, 5.41) is 3.30. The monoisotopic (exact) mass is 287 g/mol. The first-order chi connectivity index (χ1) is 10.1. The van der Waals surface area contributed by atoms with Crippen molar-refractivity contribution in [1.29, 1.82) is 0 Å². The minimum Gasteiger partial charge on any atom is -0.366 e. The highest BCUT2D eigenvalue weighted by Crippen LogP contribution is 2.48. The lowest BCUT2D eigenvalue weighted by molar-refractivity contribution is -0.135. The van der Waals surface area contributed by atoms with Crippen LogP contribution in [-0.4, -0.2) is 42.4 Å². The number of benzene rings is 1. The highest BCUT2D eigenvalue weighted by atomic mass is 16.2. The molecule has 0 bridgehead atoms. The smallest absolute Gasteiger partial charge is 0.248 e. The fourth-order valence-corrected chi connectivity index (χ4v) is 3.11. The van der Waals surface area contributed by atoms with Gasteiger partial charge in [-0.05, 0) is 37.0 Å². The minimum absolute atomic E-state index is 0.102. The van der Waals surface area contributed by atoms with Crippen molar-refractivity contribution in [3.63, 3.8) is 0 Å². The molecule has 1 aromatic carbocycles. The maximum Gasteiger partial charge on any atom is 0.248 e. The second-order valence-corrected chi connectivity index (χ2v) is 6.02. The summed E-state index contributed by atoms with van der Waals surface area (Å²) in [6.07, 6.45) is 0.908. The van der Waals surface area contributed by atoms with Crippen LogP contribution in [-0.2, 0) is 4.79 Å². The normalized spacial score (nSPS) is 28.2. The Morgan fingerprint density at radius 3 is 2.62 bits per heavy atom. The lowest BCUT2D eigenvalue weighted by Gasteiger charge is -2.34. The zero-order valence-corrected chi connectivity index (χ0v) is 12.2. The van der Waals surface area contributed by atoms with Crippen molar-refractivity contribution < 1.29 is 9.59 Å². The Kier molecular flexibility index (Phi) is 3.68. The molecule has 1 heterocycles. The van der Waals surface area contributed by atoms with Crippen LogP contribution in [0.3, 0.4) is 0 Å². The van der Waals surface area contributed by atoms with E-state index in [-0.39, 0.29) is 17.9 Å². The number of nitrogens with one attached hydrogen (secondary N) is 1. The Morgan fingerprint density at radius 2 is 2.00 bits per heavy atom. The third-order valence-electron chi connectivity index (χ3n) is 4.52. The topological polar surface area (TPSA) is 75.4 Å². The van der Waals surface area contributed by atoms with Gasteiger partial charge in [0.15, 0.2) is 0 Å². The molecule has 0 radical (unpaired) electrons. The predicted molar refractivity (Wildman–Crippen MR) is 79.9 cm³/mol. The van der Waals surface area contributed by atoms with Crippen molar-refractivity contribution in [2.45, 2.75) is 25.3 Å². The summed E-state index contributed by atoms with van der Waals surface area (Å²) in [6, 6.07) is 7.58. The number of amides is 2. The van der Waals surface area contributed by atoms with Gasteiger partial charge in [-0.25, -0.2) is 0 Å². The van der Waals surface area contributed by atoms with Crippen LogP contribution in [0.5, 0.6) is 0 Å². The van der Waals surface area contributed by atoms with E-state index in [0.717, 1.165) is 31.6 Å². The van der Waals surface area contributed by atoms with E-state index in [4.69, 9.17) is 5.73 Å². The number of carbonyl (C=O) groups is 2. The Bertz CT molecular complexity index is 555. The van der Waals surface area contributed by atoms with Crippen LogP contribution in [0.4, 0.5) is 0 Å². The van der Waals surface area contributed by atoms with E-state index in [1.807, 2.05) is 17.0 Å². The van der Waals surface area contributed by atoms with Crippen LogP contribution in [0.1, 0.15) is 35.2 Å². The summed E-state index contributed by atoms with van der Waals surface area (Å²) in [7, 11) is 0. The van der Waals surface area contributed by atoms with Gasteiger partial charge >= 0.3 is 0 Å². The standard InChI is InChI=1S/C16H21N3O2/c1-10-9-18-6-7-19(10)16(21)14-8-13(14)11-2-4-12(5-3-11)15(17)20/h2-5,10,13-14,18H,6-9H2,1H3,(H2,17,20)/t10-,13+,14+/m0/s1. The van der Waals surface area contributed by atoms with Gasteiger partial charge in [0.2, 0.25) is 11.8 Å². The van der Waals surface area contributed by atoms with Crippen LogP contribution in [0.2, 0.25) is 0 Å². The summed E-state index contributed by atoms with van der Waals surface area (Å²) in [4.78, 5) is 25.6. The molecule has 21 heavy (non-hydrogen) atoms. The van der Waals surface area contributed by atoms with Crippen LogP contribution in [0, 0.1) is 5.92 Å². The number of carbonyl (C=O) groups excluding carboxylic acids is 2. The molecule has 112 valence electrons. The van der Waals surface area contributed by atoms with E-state index < -0.39 is 5.91 Å². The molecule has 2 fully saturated rings. The molecule has 3 N–H and O–H groups in total. The summed E-state index contributed by atoms with van der Waals surface area (Å²) >= 11 is 0. The van der Waals surface area contributed by atoms with Crippen molar-refractivity contribution in [1.82, 2.24) is 10.2 Å². The molecule has 1 aromatic rings. The number of rotatable bonds is 3. The summed E-state index contributed by atoms with van der Waals surface area (Å²) < 4.78 is 0. The number of piperazine rings is 1. The van der Waals surface area contributed by atoms with Gasteiger partial charge in [0.25, 0.3) is 0 Å². The molecule has 1 aliphatic carbocycles. The number of hydrogen-bond acceptors (Lipinski definition) is 3. The largest absolute Gasteiger partial charge is 0.366 e. The molecule has 5 nitrogen and oxygen atoms in total. The summed E-state index contributed by atoms with van der Waals surface area (Å²) in [6.45, 7) is 4.63. The molecule has 1 aliphatic heterocycles. The molecule has 2 aliphatic rings. The van der Waals surface area contributed by atoms with Gasteiger partial charge in [0, 0.05) is 37.2 Å². The van der Waals surface area contributed by atoms with Gasteiger partial charge in [-0.3, -0.25) is 9.59 Å². The van der Waals surface area contributed by atoms with Gasteiger partial charge < -0.3 is 16.0 Å². The quantitative estimate of drug-likeness (QED) is 0.859. The first-order valence-corrected chi connectivity index (χ1v) is 7.49.